The van der Waals surface area contributed by atoms with Crippen LogP contribution in [0, 0.1) is 0 Å². The van der Waals surface area contributed by atoms with Crippen LogP contribution in [0.2, 0.25) is 0 Å². The minimum atomic E-state index is 0.977. The van der Waals surface area contributed by atoms with Crippen LogP contribution in [0.1, 0.15) is 4.88 Å². The molecule has 0 amide bonds. The predicted molar refractivity (Wildman–Crippen MR) is 65.4 cm³/mol. The molecule has 0 aliphatic carbocycles. The average Bonchev–Trinajstić information content (AvgIpc) is 2.89. The highest BCUT2D eigenvalue weighted by atomic mass is 32.1. The molecule has 0 fully saturated rings. The van der Waals surface area contributed by atoms with Gasteiger partial charge in [-0.3, -0.25) is 0 Å². The summed E-state index contributed by atoms with van der Waals surface area (Å²) in [5.74, 6) is 0. The minimum absolute atomic E-state index is 0.977. The molecule has 0 atom stereocenters. The normalized spacial score (nSPS) is 10.9. The maximum Gasteiger partial charge on any atom is 0.0569 e. The van der Waals surface area contributed by atoms with Gasteiger partial charge in [0.15, 0.2) is 0 Å². The molecule has 0 bridgehead atoms. The van der Waals surface area contributed by atoms with Gasteiger partial charge >= 0.3 is 0 Å². The molecule has 0 radical (unpaired) electrons. The number of hydrogen-bond acceptors (Lipinski definition) is 1. The van der Waals surface area contributed by atoms with Crippen molar-refractivity contribution in [1.82, 2.24) is 4.57 Å². The molecule has 3 aromatic rings. The summed E-state index contributed by atoms with van der Waals surface area (Å²) in [6.45, 7) is 0.977. The van der Waals surface area contributed by atoms with Gasteiger partial charge in [-0.05, 0) is 29.0 Å². The van der Waals surface area contributed by atoms with Crippen LogP contribution in [-0.4, -0.2) is 4.57 Å². The van der Waals surface area contributed by atoms with E-state index in [0.29, 0.717) is 0 Å². The van der Waals surface area contributed by atoms with E-state index < -0.39 is 0 Å². The standard InChI is InChI=1S/C13H11NS/c1-2-6-13-11(4-1)7-8-14(13)10-12-5-3-9-15-12/h1-9H,10H2. The Morgan fingerprint density at radius 2 is 1.93 bits per heavy atom. The zero-order valence-electron chi connectivity index (χ0n) is 8.26. The summed E-state index contributed by atoms with van der Waals surface area (Å²) in [5.41, 5.74) is 1.31. The number of hydrogen-bond donors (Lipinski definition) is 0. The van der Waals surface area contributed by atoms with E-state index in [1.807, 2.05) is 11.3 Å². The highest BCUT2D eigenvalue weighted by molar-refractivity contribution is 7.09. The highest BCUT2D eigenvalue weighted by Crippen LogP contribution is 2.18. The summed E-state index contributed by atoms with van der Waals surface area (Å²) in [6, 6.07) is 14.9. The number of nitrogens with zero attached hydrogens (tertiary/aromatic N) is 1. The van der Waals surface area contributed by atoms with Crippen LogP contribution < -0.4 is 0 Å². The SMILES string of the molecule is c1csc(Cn2ccc3ccccc32)c1. The van der Waals surface area contributed by atoms with Gasteiger partial charge in [-0.2, -0.15) is 0 Å². The van der Waals surface area contributed by atoms with Crippen LogP contribution in [0.4, 0.5) is 0 Å². The molecule has 0 aliphatic rings. The van der Waals surface area contributed by atoms with Gasteiger partial charge in [0.1, 0.15) is 0 Å². The number of para-hydroxylation sites is 1. The second kappa shape index (κ2) is 3.55. The Morgan fingerprint density at radius 1 is 1.00 bits per heavy atom. The van der Waals surface area contributed by atoms with Crippen LogP contribution in [0.15, 0.2) is 54.0 Å². The summed E-state index contributed by atoms with van der Waals surface area (Å²) < 4.78 is 2.29. The van der Waals surface area contributed by atoms with Gasteiger partial charge in [0.05, 0.1) is 6.54 Å². The summed E-state index contributed by atoms with van der Waals surface area (Å²) in [6.07, 6.45) is 2.16. The van der Waals surface area contributed by atoms with E-state index in [-0.39, 0.29) is 0 Å². The van der Waals surface area contributed by atoms with Crippen LogP contribution in [-0.2, 0) is 6.54 Å². The molecule has 1 aromatic carbocycles. The number of thiophene rings is 1. The Kier molecular flexibility index (Phi) is 2.07. The largest absolute Gasteiger partial charge is 0.342 e. The van der Waals surface area contributed by atoms with E-state index in [1.165, 1.54) is 15.8 Å². The van der Waals surface area contributed by atoms with Crippen molar-refractivity contribution in [3.8, 4) is 0 Å². The molecule has 0 unspecified atom stereocenters. The monoisotopic (exact) mass is 213 g/mol. The van der Waals surface area contributed by atoms with Gasteiger partial charge < -0.3 is 4.57 Å². The second-order valence-corrected chi connectivity index (χ2v) is 4.61. The summed E-state index contributed by atoms with van der Waals surface area (Å²) in [4.78, 5) is 1.40. The molecule has 74 valence electrons. The third-order valence-corrected chi connectivity index (χ3v) is 3.45. The van der Waals surface area contributed by atoms with Gasteiger partial charge in [-0.25, -0.2) is 0 Å². The van der Waals surface area contributed by atoms with Gasteiger partial charge in [-0.15, -0.1) is 11.3 Å². The van der Waals surface area contributed by atoms with Crippen molar-refractivity contribution in [2.24, 2.45) is 0 Å². The first-order valence-electron chi connectivity index (χ1n) is 5.00. The van der Waals surface area contributed by atoms with Gasteiger partial charge in [0.25, 0.3) is 0 Å². The maximum atomic E-state index is 2.29. The van der Waals surface area contributed by atoms with Crippen LogP contribution in [0.5, 0.6) is 0 Å². The quantitative estimate of drug-likeness (QED) is 0.611. The molecule has 2 aromatic heterocycles. The molecule has 15 heavy (non-hydrogen) atoms. The van der Waals surface area contributed by atoms with Crippen molar-refractivity contribution < 1.29 is 0 Å². The lowest BCUT2D eigenvalue weighted by atomic mass is 10.2. The molecule has 2 heterocycles. The lowest BCUT2D eigenvalue weighted by molar-refractivity contribution is 0.852. The zero-order chi connectivity index (χ0) is 10.1. The highest BCUT2D eigenvalue weighted by Gasteiger charge is 2.00. The van der Waals surface area contributed by atoms with E-state index >= 15 is 0 Å². The predicted octanol–water partition coefficient (Wildman–Crippen LogP) is 3.75. The Hall–Kier alpha value is -1.54. The molecule has 3 rings (SSSR count). The fraction of sp³-hybridized carbons (Fsp3) is 0.0769. The van der Waals surface area contributed by atoms with Crippen molar-refractivity contribution in [2.75, 3.05) is 0 Å². The number of fused-ring (bicyclic) bond motifs is 1. The Bertz CT molecular complexity index is 563. The Morgan fingerprint density at radius 3 is 2.80 bits per heavy atom. The van der Waals surface area contributed by atoms with Crippen LogP contribution >= 0.6 is 11.3 Å². The maximum absolute atomic E-state index is 2.29. The third-order valence-electron chi connectivity index (χ3n) is 2.59. The minimum Gasteiger partial charge on any atom is -0.342 e. The van der Waals surface area contributed by atoms with Crippen molar-refractivity contribution in [2.45, 2.75) is 6.54 Å². The third kappa shape index (κ3) is 1.57. The number of benzene rings is 1. The average molecular weight is 213 g/mol. The molecular formula is C13H11NS. The van der Waals surface area contributed by atoms with Crippen LogP contribution in [0.25, 0.3) is 10.9 Å². The Balaban J connectivity index is 2.05. The van der Waals surface area contributed by atoms with Gasteiger partial charge in [0, 0.05) is 16.6 Å². The topological polar surface area (TPSA) is 4.93 Å². The lowest BCUT2D eigenvalue weighted by Gasteiger charge is -2.02. The second-order valence-electron chi connectivity index (χ2n) is 3.58. The Labute approximate surface area is 92.6 Å². The first-order valence-corrected chi connectivity index (χ1v) is 5.88. The van der Waals surface area contributed by atoms with E-state index in [2.05, 4.69) is 58.6 Å². The van der Waals surface area contributed by atoms with Gasteiger partial charge in [0.2, 0.25) is 0 Å². The van der Waals surface area contributed by atoms with Crippen molar-refractivity contribution in [3.05, 3.63) is 58.9 Å². The molecular weight excluding hydrogens is 202 g/mol. The van der Waals surface area contributed by atoms with Gasteiger partial charge in [-0.1, -0.05) is 24.3 Å². The smallest absolute Gasteiger partial charge is 0.0569 e. The lowest BCUT2D eigenvalue weighted by Crippen LogP contribution is -1.94. The summed E-state index contributed by atoms with van der Waals surface area (Å²) in [7, 11) is 0. The van der Waals surface area contributed by atoms with Crippen molar-refractivity contribution in [3.63, 3.8) is 0 Å². The summed E-state index contributed by atoms with van der Waals surface area (Å²) in [5, 5.41) is 3.44. The molecule has 0 spiro atoms. The van der Waals surface area contributed by atoms with E-state index in [0.717, 1.165) is 6.54 Å². The fourth-order valence-corrected chi connectivity index (χ4v) is 2.55. The zero-order valence-corrected chi connectivity index (χ0v) is 9.08. The molecule has 0 aliphatic heterocycles. The fourth-order valence-electron chi connectivity index (χ4n) is 1.85. The van der Waals surface area contributed by atoms with E-state index in [1.54, 1.807) is 0 Å². The molecule has 2 heteroatoms. The first-order chi connectivity index (χ1) is 7.43. The van der Waals surface area contributed by atoms with Crippen molar-refractivity contribution in [1.29, 1.82) is 0 Å². The van der Waals surface area contributed by atoms with Crippen LogP contribution in [0.3, 0.4) is 0 Å². The number of rotatable bonds is 2. The molecule has 0 saturated heterocycles. The molecule has 1 nitrogen and oxygen atoms in total. The van der Waals surface area contributed by atoms with Crippen molar-refractivity contribution >= 4 is 22.2 Å². The molecule has 0 N–H and O–H groups in total. The van der Waals surface area contributed by atoms with E-state index in [9.17, 15) is 0 Å². The number of aromatic nitrogens is 1. The first kappa shape index (κ1) is 8.74. The molecule has 0 saturated carbocycles. The summed E-state index contributed by atoms with van der Waals surface area (Å²) >= 11 is 1.81. The van der Waals surface area contributed by atoms with E-state index in [4.69, 9.17) is 0 Å².